The number of hydrogen-bond acceptors (Lipinski definition) is 4. The van der Waals surface area contributed by atoms with Gasteiger partial charge in [-0.25, -0.2) is 30.7 Å². The largest absolute Gasteiger partial charge is 0.336 e. The highest BCUT2D eigenvalue weighted by Gasteiger charge is 2.62. The number of carbonyl (C=O) groups excluding carboxylic acids is 1. The zero-order valence-electron chi connectivity index (χ0n) is 20.0. The van der Waals surface area contributed by atoms with Gasteiger partial charge in [-0.05, 0) is 69.6 Å². The van der Waals surface area contributed by atoms with E-state index < -0.39 is 75.7 Å². The third kappa shape index (κ3) is 5.48. The quantitative estimate of drug-likeness (QED) is 0.514. The summed E-state index contributed by atoms with van der Waals surface area (Å²) in [6.07, 6.45) is -0.523. The van der Waals surface area contributed by atoms with Gasteiger partial charge in [-0.3, -0.25) is 4.79 Å². The minimum Gasteiger partial charge on any atom is -0.336 e. The Hall–Kier alpha value is -1.41. The lowest BCUT2D eigenvalue weighted by Gasteiger charge is -2.42. The molecule has 0 aromatic carbocycles. The van der Waals surface area contributed by atoms with Crippen LogP contribution in [-0.2, 0) is 14.8 Å². The minimum absolute atomic E-state index is 0.141. The maximum Gasteiger partial charge on any atom is 0.241 e. The van der Waals surface area contributed by atoms with E-state index in [4.69, 9.17) is 0 Å². The van der Waals surface area contributed by atoms with Crippen LogP contribution in [0, 0.1) is 40.4 Å². The van der Waals surface area contributed by atoms with Crippen molar-refractivity contribution in [2.24, 2.45) is 29.1 Å². The lowest BCUT2D eigenvalue weighted by atomic mass is 9.67. The molecule has 1 heterocycles. The summed E-state index contributed by atoms with van der Waals surface area (Å²) in [7, 11) is -4.23. The van der Waals surface area contributed by atoms with Gasteiger partial charge < -0.3 is 4.90 Å². The van der Waals surface area contributed by atoms with Crippen LogP contribution < -0.4 is 4.72 Å². The highest BCUT2D eigenvalue weighted by molar-refractivity contribution is 7.89. The SMILES string of the molecule is CC(C#N)C(=O)N1CC2(CC2)[C@H](NS(=O)(=O)CF)[C@@H]1CC1CCCC(C2CC(F)CC(F)C2)C1F. The van der Waals surface area contributed by atoms with Crippen molar-refractivity contribution in [2.75, 3.05) is 12.6 Å². The third-order valence-corrected chi connectivity index (χ3v) is 9.77. The van der Waals surface area contributed by atoms with Crippen LogP contribution in [0.5, 0.6) is 0 Å². The predicted molar refractivity (Wildman–Crippen MR) is 121 cm³/mol. The summed E-state index contributed by atoms with van der Waals surface area (Å²) in [5.74, 6) is -2.78. The fourth-order valence-electron chi connectivity index (χ4n) is 6.92. The van der Waals surface area contributed by atoms with E-state index in [2.05, 4.69) is 4.72 Å². The van der Waals surface area contributed by atoms with Crippen LogP contribution in [0.1, 0.15) is 64.7 Å². The van der Waals surface area contributed by atoms with Gasteiger partial charge in [0.1, 0.15) is 24.4 Å². The van der Waals surface area contributed by atoms with E-state index >= 15 is 4.39 Å². The number of nitrogens with one attached hydrogen (secondary N) is 1. The molecular weight excluding hydrogens is 486 g/mol. The van der Waals surface area contributed by atoms with Gasteiger partial charge in [0, 0.05) is 30.5 Å². The van der Waals surface area contributed by atoms with Gasteiger partial charge in [-0.15, -0.1) is 0 Å². The molecule has 1 spiro atoms. The number of rotatable bonds is 7. The average molecular weight is 522 g/mol. The van der Waals surface area contributed by atoms with Crippen molar-refractivity contribution in [1.82, 2.24) is 9.62 Å². The van der Waals surface area contributed by atoms with Crippen molar-refractivity contribution in [3.05, 3.63) is 0 Å². The number of hydrogen-bond donors (Lipinski definition) is 1. The van der Waals surface area contributed by atoms with E-state index in [1.807, 2.05) is 6.07 Å². The minimum atomic E-state index is -4.23. The topological polar surface area (TPSA) is 90.3 Å². The van der Waals surface area contributed by atoms with Gasteiger partial charge in [0.15, 0.2) is 0 Å². The standard InChI is InChI=1S/C24H35F4N3O3S/c1-14(11-29)23(32)31-12-24(5-6-24)22(30-35(33,34)13-25)20(31)9-15-3-2-4-19(21(15)28)16-7-17(26)10-18(27)8-16/h14-22,30H,2-10,12-13H2,1H3/t14?,15?,16?,17?,18?,19?,20-,21?,22+/m0/s1. The summed E-state index contributed by atoms with van der Waals surface area (Å²) in [6.45, 7) is 1.71. The Morgan fingerprint density at radius 2 is 1.83 bits per heavy atom. The number of amides is 1. The molecule has 1 saturated heterocycles. The molecule has 0 aromatic heterocycles. The van der Waals surface area contributed by atoms with Crippen molar-refractivity contribution in [2.45, 2.75) is 95.3 Å². The molecule has 1 N–H and O–H groups in total. The Kier molecular flexibility index (Phi) is 7.73. The first kappa shape index (κ1) is 26.6. The van der Waals surface area contributed by atoms with Gasteiger partial charge in [0.05, 0.1) is 6.07 Å². The van der Waals surface area contributed by atoms with Crippen LogP contribution in [0.25, 0.3) is 0 Å². The number of likely N-dealkylation sites (tertiary alicyclic amines) is 1. The number of carbonyl (C=O) groups is 1. The Labute approximate surface area is 204 Å². The van der Waals surface area contributed by atoms with Gasteiger partial charge in [-0.2, -0.15) is 5.26 Å². The first-order valence-electron chi connectivity index (χ1n) is 12.7. The first-order chi connectivity index (χ1) is 16.5. The van der Waals surface area contributed by atoms with E-state index in [1.54, 1.807) is 0 Å². The molecule has 0 radical (unpaired) electrons. The number of halogens is 4. The van der Waals surface area contributed by atoms with Crippen LogP contribution in [-0.4, -0.2) is 62.4 Å². The number of nitriles is 1. The highest BCUT2D eigenvalue weighted by atomic mass is 32.2. The Bertz CT molecular complexity index is 931. The molecule has 4 fully saturated rings. The highest BCUT2D eigenvalue weighted by Crippen LogP contribution is 2.57. The molecule has 1 amide bonds. The van der Waals surface area contributed by atoms with Crippen molar-refractivity contribution >= 4 is 15.9 Å². The molecule has 0 aromatic rings. The summed E-state index contributed by atoms with van der Waals surface area (Å²) in [5.41, 5.74) is -0.538. The summed E-state index contributed by atoms with van der Waals surface area (Å²) in [4.78, 5) is 14.6. The predicted octanol–water partition coefficient (Wildman–Crippen LogP) is 3.97. The average Bonchev–Trinajstić information content (AvgIpc) is 3.54. The van der Waals surface area contributed by atoms with E-state index in [1.165, 1.54) is 11.8 Å². The molecule has 35 heavy (non-hydrogen) atoms. The van der Waals surface area contributed by atoms with Crippen LogP contribution in [0.15, 0.2) is 0 Å². The van der Waals surface area contributed by atoms with E-state index in [9.17, 15) is 31.6 Å². The van der Waals surface area contributed by atoms with Crippen LogP contribution in [0.2, 0.25) is 0 Å². The summed E-state index contributed by atoms with van der Waals surface area (Å²) in [6, 6.07) is -1.14. The molecule has 4 rings (SSSR count). The summed E-state index contributed by atoms with van der Waals surface area (Å²) < 4.78 is 84.0. The Balaban J connectivity index is 1.57. The second-order valence-electron chi connectivity index (χ2n) is 11.3. The molecule has 11 heteroatoms. The zero-order chi connectivity index (χ0) is 25.5. The van der Waals surface area contributed by atoms with Gasteiger partial charge in [0.25, 0.3) is 0 Å². The van der Waals surface area contributed by atoms with Crippen molar-refractivity contribution in [1.29, 1.82) is 5.26 Å². The molecule has 3 saturated carbocycles. The number of sulfonamides is 1. The van der Waals surface area contributed by atoms with Crippen molar-refractivity contribution < 1.29 is 30.8 Å². The fraction of sp³-hybridized carbons (Fsp3) is 0.917. The maximum absolute atomic E-state index is 15.9. The molecule has 0 bridgehead atoms. The molecular formula is C24H35F4N3O3S. The van der Waals surface area contributed by atoms with Crippen molar-refractivity contribution in [3.63, 3.8) is 0 Å². The summed E-state index contributed by atoms with van der Waals surface area (Å²) >= 11 is 0. The van der Waals surface area contributed by atoms with Gasteiger partial charge >= 0.3 is 0 Å². The normalized spacial score (nSPS) is 39.8. The van der Waals surface area contributed by atoms with E-state index in [0.29, 0.717) is 32.1 Å². The number of alkyl halides is 4. The second kappa shape index (κ2) is 10.2. The monoisotopic (exact) mass is 521 g/mol. The number of nitrogens with zero attached hydrogens (tertiary/aromatic N) is 2. The van der Waals surface area contributed by atoms with Gasteiger partial charge in [0.2, 0.25) is 21.9 Å². The molecule has 6 nitrogen and oxygen atoms in total. The fourth-order valence-corrected chi connectivity index (χ4v) is 7.78. The summed E-state index contributed by atoms with van der Waals surface area (Å²) in [5, 5.41) is 9.29. The lowest BCUT2D eigenvalue weighted by molar-refractivity contribution is -0.135. The Morgan fingerprint density at radius 1 is 1.17 bits per heavy atom. The van der Waals surface area contributed by atoms with E-state index in [0.717, 1.165) is 0 Å². The second-order valence-corrected chi connectivity index (χ2v) is 12.9. The maximum atomic E-state index is 15.9. The third-order valence-electron chi connectivity index (χ3n) is 8.87. The molecule has 1 aliphatic heterocycles. The van der Waals surface area contributed by atoms with Crippen LogP contribution in [0.4, 0.5) is 17.6 Å². The van der Waals surface area contributed by atoms with Crippen LogP contribution >= 0.6 is 0 Å². The van der Waals surface area contributed by atoms with E-state index in [-0.39, 0.29) is 38.1 Å². The molecule has 3 aliphatic carbocycles. The molecule has 4 aliphatic rings. The first-order valence-corrected chi connectivity index (χ1v) is 14.3. The van der Waals surface area contributed by atoms with Crippen LogP contribution in [0.3, 0.4) is 0 Å². The zero-order valence-corrected chi connectivity index (χ0v) is 20.8. The molecule has 6 unspecified atom stereocenters. The Morgan fingerprint density at radius 3 is 2.40 bits per heavy atom. The lowest BCUT2D eigenvalue weighted by Crippen LogP contribution is -2.51. The van der Waals surface area contributed by atoms with Crippen molar-refractivity contribution in [3.8, 4) is 6.07 Å². The smallest absolute Gasteiger partial charge is 0.241 e. The molecule has 8 atom stereocenters. The van der Waals surface area contributed by atoms with Gasteiger partial charge in [-0.1, -0.05) is 6.42 Å². The molecule has 198 valence electrons.